The summed E-state index contributed by atoms with van der Waals surface area (Å²) in [5.74, 6) is -0.225. The lowest BCUT2D eigenvalue weighted by Gasteiger charge is -2.13. The van der Waals surface area contributed by atoms with Crippen molar-refractivity contribution < 1.29 is 9.90 Å². The molecule has 0 aromatic heterocycles. The van der Waals surface area contributed by atoms with Crippen molar-refractivity contribution in [2.45, 2.75) is 31.2 Å². The minimum atomic E-state index is -0.779. The molecule has 0 bridgehead atoms. The van der Waals surface area contributed by atoms with Crippen LogP contribution < -0.4 is 5.32 Å². The zero-order chi connectivity index (χ0) is 12.7. The van der Waals surface area contributed by atoms with Crippen LogP contribution in [0.4, 0.5) is 0 Å². The number of benzene rings is 1. The minimum Gasteiger partial charge on any atom is -0.480 e. The van der Waals surface area contributed by atoms with Crippen LogP contribution in [-0.2, 0) is 4.79 Å². The highest BCUT2D eigenvalue weighted by Gasteiger charge is 2.16. The fraction of sp³-hybridized carbons (Fsp3) is 0.462. The van der Waals surface area contributed by atoms with E-state index in [1.165, 1.54) is 5.56 Å². The first-order chi connectivity index (χ1) is 8.13. The van der Waals surface area contributed by atoms with E-state index in [2.05, 4.69) is 11.4 Å². The zero-order valence-corrected chi connectivity index (χ0v) is 11.1. The molecule has 1 aromatic carbocycles. The smallest absolute Gasteiger partial charge is 0.321 e. The average Bonchev–Trinajstić information content (AvgIpc) is 2.28. The van der Waals surface area contributed by atoms with Gasteiger partial charge in [0.25, 0.3) is 0 Å². The van der Waals surface area contributed by atoms with E-state index in [1.807, 2.05) is 32.0 Å². The Morgan fingerprint density at radius 3 is 2.88 bits per heavy atom. The van der Waals surface area contributed by atoms with Gasteiger partial charge in [-0.25, -0.2) is 0 Å². The van der Waals surface area contributed by atoms with E-state index in [1.54, 1.807) is 11.8 Å². The van der Waals surface area contributed by atoms with Crippen molar-refractivity contribution in [2.24, 2.45) is 0 Å². The second kappa shape index (κ2) is 7.35. The number of nitrogens with one attached hydrogen (secondary N) is 1. The molecule has 4 heteroatoms. The van der Waals surface area contributed by atoms with Crippen molar-refractivity contribution in [1.82, 2.24) is 5.32 Å². The maximum absolute atomic E-state index is 11.0. The summed E-state index contributed by atoms with van der Waals surface area (Å²) < 4.78 is 0. The van der Waals surface area contributed by atoms with Gasteiger partial charge in [0, 0.05) is 10.6 Å². The third-order valence-corrected chi connectivity index (χ3v) is 3.43. The van der Waals surface area contributed by atoms with Gasteiger partial charge < -0.3 is 10.4 Å². The number of aliphatic carboxylic acids is 1. The average molecular weight is 253 g/mol. The summed E-state index contributed by atoms with van der Waals surface area (Å²) in [6.07, 6.45) is 0.943. The quantitative estimate of drug-likeness (QED) is 0.733. The summed E-state index contributed by atoms with van der Waals surface area (Å²) in [5.41, 5.74) is 1.20. The summed E-state index contributed by atoms with van der Waals surface area (Å²) in [4.78, 5) is 12.1. The minimum absolute atomic E-state index is 0.472. The van der Waals surface area contributed by atoms with Crippen molar-refractivity contribution in [3.63, 3.8) is 0 Å². The molecule has 0 aliphatic carbocycles. The first kappa shape index (κ1) is 14.1. The summed E-state index contributed by atoms with van der Waals surface area (Å²) in [6.45, 7) is 4.80. The topological polar surface area (TPSA) is 49.3 Å². The van der Waals surface area contributed by atoms with E-state index in [0.717, 1.165) is 17.9 Å². The summed E-state index contributed by atoms with van der Waals surface area (Å²) in [6, 6.07) is 7.64. The SMILES string of the molecule is CCCNC(CSc1cccc(C)c1)C(=O)O. The molecule has 1 rings (SSSR count). The first-order valence-electron chi connectivity index (χ1n) is 5.79. The predicted molar refractivity (Wildman–Crippen MR) is 71.6 cm³/mol. The molecule has 0 saturated heterocycles. The molecule has 1 aromatic rings. The van der Waals surface area contributed by atoms with E-state index >= 15 is 0 Å². The highest BCUT2D eigenvalue weighted by molar-refractivity contribution is 7.99. The van der Waals surface area contributed by atoms with Gasteiger partial charge in [-0.05, 0) is 32.0 Å². The van der Waals surface area contributed by atoms with Gasteiger partial charge >= 0.3 is 5.97 Å². The van der Waals surface area contributed by atoms with Crippen LogP contribution in [0.5, 0.6) is 0 Å². The van der Waals surface area contributed by atoms with Crippen molar-refractivity contribution in [2.75, 3.05) is 12.3 Å². The number of rotatable bonds is 7. The fourth-order valence-electron chi connectivity index (χ4n) is 1.42. The van der Waals surface area contributed by atoms with Gasteiger partial charge in [0.1, 0.15) is 6.04 Å². The van der Waals surface area contributed by atoms with Crippen LogP contribution in [0.15, 0.2) is 29.2 Å². The Morgan fingerprint density at radius 1 is 1.53 bits per heavy atom. The van der Waals surface area contributed by atoms with E-state index in [4.69, 9.17) is 5.11 Å². The molecule has 0 aliphatic heterocycles. The maximum Gasteiger partial charge on any atom is 0.321 e. The number of carboxylic acid groups (broad SMARTS) is 1. The second-order valence-corrected chi connectivity index (χ2v) is 5.07. The molecule has 0 radical (unpaired) electrons. The van der Waals surface area contributed by atoms with Crippen LogP contribution in [-0.4, -0.2) is 29.4 Å². The van der Waals surface area contributed by atoms with Crippen molar-refractivity contribution >= 4 is 17.7 Å². The van der Waals surface area contributed by atoms with Crippen LogP contribution in [0.2, 0.25) is 0 Å². The number of carbonyl (C=O) groups is 1. The number of aryl methyl sites for hydroxylation is 1. The molecule has 1 unspecified atom stereocenters. The molecular formula is C13H19NO2S. The van der Waals surface area contributed by atoms with Gasteiger partial charge in [0.15, 0.2) is 0 Å². The molecule has 0 aliphatic rings. The lowest BCUT2D eigenvalue weighted by atomic mass is 10.2. The Bertz CT molecular complexity index is 368. The molecule has 0 saturated carbocycles. The molecule has 0 fully saturated rings. The third kappa shape index (κ3) is 5.24. The molecule has 3 nitrogen and oxygen atoms in total. The molecule has 17 heavy (non-hydrogen) atoms. The number of hydrogen-bond acceptors (Lipinski definition) is 3. The van der Waals surface area contributed by atoms with E-state index < -0.39 is 12.0 Å². The Morgan fingerprint density at radius 2 is 2.29 bits per heavy atom. The molecular weight excluding hydrogens is 234 g/mol. The van der Waals surface area contributed by atoms with Crippen LogP contribution in [0.1, 0.15) is 18.9 Å². The molecule has 1 atom stereocenters. The molecule has 0 heterocycles. The molecule has 0 spiro atoms. The van der Waals surface area contributed by atoms with E-state index in [0.29, 0.717) is 5.75 Å². The third-order valence-electron chi connectivity index (χ3n) is 2.35. The highest BCUT2D eigenvalue weighted by Crippen LogP contribution is 2.19. The zero-order valence-electron chi connectivity index (χ0n) is 10.3. The Kier molecular flexibility index (Phi) is 6.08. The largest absolute Gasteiger partial charge is 0.480 e. The van der Waals surface area contributed by atoms with Crippen LogP contribution in [0.25, 0.3) is 0 Å². The fourth-order valence-corrected chi connectivity index (χ4v) is 2.48. The normalized spacial score (nSPS) is 12.4. The van der Waals surface area contributed by atoms with Crippen molar-refractivity contribution in [1.29, 1.82) is 0 Å². The second-order valence-electron chi connectivity index (χ2n) is 3.97. The lowest BCUT2D eigenvalue weighted by molar-refractivity contribution is -0.138. The molecule has 0 amide bonds. The summed E-state index contributed by atoms with van der Waals surface area (Å²) in [7, 11) is 0. The lowest BCUT2D eigenvalue weighted by Crippen LogP contribution is -2.39. The van der Waals surface area contributed by atoms with E-state index in [-0.39, 0.29) is 0 Å². The standard InChI is InChI=1S/C13H19NO2S/c1-3-7-14-12(13(15)16)9-17-11-6-4-5-10(2)8-11/h4-6,8,12,14H,3,7,9H2,1-2H3,(H,15,16). The van der Waals surface area contributed by atoms with Crippen molar-refractivity contribution in [3.8, 4) is 0 Å². The Hall–Kier alpha value is -1.00. The first-order valence-corrected chi connectivity index (χ1v) is 6.77. The maximum atomic E-state index is 11.0. The van der Waals surface area contributed by atoms with Gasteiger partial charge in [-0.2, -0.15) is 0 Å². The highest BCUT2D eigenvalue weighted by atomic mass is 32.2. The van der Waals surface area contributed by atoms with Gasteiger partial charge in [0.05, 0.1) is 0 Å². The Balaban J connectivity index is 2.48. The van der Waals surface area contributed by atoms with Crippen molar-refractivity contribution in [3.05, 3.63) is 29.8 Å². The van der Waals surface area contributed by atoms with Gasteiger partial charge in [-0.1, -0.05) is 24.6 Å². The summed E-state index contributed by atoms with van der Waals surface area (Å²) >= 11 is 1.58. The number of hydrogen-bond donors (Lipinski definition) is 2. The number of thioether (sulfide) groups is 1. The number of carboxylic acids is 1. The predicted octanol–water partition coefficient (Wildman–Crippen LogP) is 2.54. The summed E-state index contributed by atoms with van der Waals surface area (Å²) in [5, 5.41) is 12.1. The Labute approximate surface area is 107 Å². The monoisotopic (exact) mass is 253 g/mol. The van der Waals surface area contributed by atoms with Crippen LogP contribution in [0, 0.1) is 6.92 Å². The molecule has 2 N–H and O–H groups in total. The van der Waals surface area contributed by atoms with Crippen LogP contribution >= 0.6 is 11.8 Å². The van der Waals surface area contributed by atoms with Gasteiger partial charge in [0.2, 0.25) is 0 Å². The van der Waals surface area contributed by atoms with Gasteiger partial charge in [-0.15, -0.1) is 11.8 Å². The molecule has 94 valence electrons. The van der Waals surface area contributed by atoms with Gasteiger partial charge in [-0.3, -0.25) is 4.79 Å². The van der Waals surface area contributed by atoms with Crippen LogP contribution in [0.3, 0.4) is 0 Å². The van der Waals surface area contributed by atoms with E-state index in [9.17, 15) is 4.79 Å².